The Hall–Kier alpha value is -0.570. The van der Waals surface area contributed by atoms with E-state index in [1.165, 1.54) is 19.3 Å². The van der Waals surface area contributed by atoms with E-state index in [1.807, 2.05) is 19.1 Å². The van der Waals surface area contributed by atoms with Crippen LogP contribution < -0.4 is 0 Å². The number of aliphatic hydroxyl groups excluding tert-OH is 1. The van der Waals surface area contributed by atoms with Gasteiger partial charge >= 0.3 is 0 Å². The Morgan fingerprint density at radius 3 is 2.52 bits per heavy atom. The third-order valence-electron chi connectivity index (χ3n) is 5.13. The third kappa shape index (κ3) is 3.80. The van der Waals surface area contributed by atoms with Crippen LogP contribution in [-0.4, -0.2) is 34.7 Å². The van der Waals surface area contributed by atoms with Gasteiger partial charge in [-0.05, 0) is 63.4 Å². The molecular formula is C18H28ClNO. The van der Waals surface area contributed by atoms with Crippen molar-refractivity contribution < 1.29 is 5.11 Å². The molecule has 0 aliphatic carbocycles. The molecule has 2 unspecified atom stereocenters. The van der Waals surface area contributed by atoms with Gasteiger partial charge < -0.3 is 5.11 Å². The van der Waals surface area contributed by atoms with Crippen LogP contribution in [0.5, 0.6) is 0 Å². The minimum Gasteiger partial charge on any atom is -0.391 e. The van der Waals surface area contributed by atoms with Crippen LogP contribution in [0.4, 0.5) is 0 Å². The van der Waals surface area contributed by atoms with Gasteiger partial charge in [-0.2, -0.15) is 0 Å². The first-order chi connectivity index (χ1) is 9.97. The Morgan fingerprint density at radius 1 is 1.29 bits per heavy atom. The number of piperidine rings is 1. The van der Waals surface area contributed by atoms with E-state index < -0.39 is 0 Å². The van der Waals surface area contributed by atoms with Gasteiger partial charge in [0, 0.05) is 17.0 Å². The highest BCUT2D eigenvalue weighted by Crippen LogP contribution is 2.30. The SMILES string of the molecule is CCC(C)(C(O)Cc1ccc(C)cc1Cl)N1CCCCC1. The first-order valence-corrected chi connectivity index (χ1v) is 8.53. The second-order valence-corrected chi connectivity index (χ2v) is 6.98. The van der Waals surface area contributed by atoms with E-state index in [-0.39, 0.29) is 11.6 Å². The van der Waals surface area contributed by atoms with E-state index in [9.17, 15) is 5.11 Å². The number of hydrogen-bond acceptors (Lipinski definition) is 2. The third-order valence-corrected chi connectivity index (χ3v) is 5.49. The van der Waals surface area contributed by atoms with Gasteiger partial charge in [0.2, 0.25) is 0 Å². The predicted molar refractivity (Wildman–Crippen MR) is 90.0 cm³/mol. The molecule has 1 fully saturated rings. The molecule has 1 aliphatic rings. The van der Waals surface area contributed by atoms with Crippen LogP contribution in [0, 0.1) is 6.92 Å². The summed E-state index contributed by atoms with van der Waals surface area (Å²) in [6.45, 7) is 8.61. The first kappa shape index (κ1) is 16.8. The van der Waals surface area contributed by atoms with Gasteiger partial charge in [0.15, 0.2) is 0 Å². The topological polar surface area (TPSA) is 23.5 Å². The maximum Gasteiger partial charge on any atom is 0.0761 e. The summed E-state index contributed by atoms with van der Waals surface area (Å²) < 4.78 is 0. The zero-order valence-electron chi connectivity index (χ0n) is 13.5. The van der Waals surface area contributed by atoms with Gasteiger partial charge in [0.25, 0.3) is 0 Å². The Bertz CT molecular complexity index is 470. The van der Waals surface area contributed by atoms with Crippen molar-refractivity contribution in [1.82, 2.24) is 4.90 Å². The number of halogens is 1. The van der Waals surface area contributed by atoms with Gasteiger partial charge in [-0.1, -0.05) is 37.1 Å². The molecule has 0 spiro atoms. The van der Waals surface area contributed by atoms with Gasteiger partial charge in [-0.15, -0.1) is 0 Å². The van der Waals surface area contributed by atoms with Crippen LogP contribution in [0.15, 0.2) is 18.2 Å². The highest BCUT2D eigenvalue weighted by molar-refractivity contribution is 6.31. The van der Waals surface area contributed by atoms with Crippen molar-refractivity contribution >= 4 is 11.6 Å². The second kappa shape index (κ2) is 7.13. The fraction of sp³-hybridized carbons (Fsp3) is 0.667. The summed E-state index contributed by atoms with van der Waals surface area (Å²) in [6, 6.07) is 6.10. The summed E-state index contributed by atoms with van der Waals surface area (Å²) in [5.41, 5.74) is 2.05. The molecule has 1 aliphatic heterocycles. The standard InChI is InChI=1S/C18H28ClNO/c1-4-18(3,20-10-6-5-7-11-20)17(21)13-15-9-8-14(2)12-16(15)19/h8-9,12,17,21H,4-7,10-11,13H2,1-3H3. The molecule has 21 heavy (non-hydrogen) atoms. The molecule has 0 bridgehead atoms. The molecular weight excluding hydrogens is 282 g/mol. The molecule has 0 saturated carbocycles. The zero-order chi connectivity index (χ0) is 15.5. The van der Waals surface area contributed by atoms with Crippen LogP contribution in [0.1, 0.15) is 50.7 Å². The predicted octanol–water partition coefficient (Wildman–Crippen LogP) is 4.21. The fourth-order valence-electron chi connectivity index (χ4n) is 3.32. The summed E-state index contributed by atoms with van der Waals surface area (Å²) in [5.74, 6) is 0. The molecule has 2 nitrogen and oxygen atoms in total. The van der Waals surface area contributed by atoms with Crippen LogP contribution in [0.2, 0.25) is 5.02 Å². The number of aliphatic hydroxyl groups is 1. The number of aryl methyl sites for hydroxylation is 1. The van der Waals surface area contributed by atoms with E-state index in [2.05, 4.69) is 24.8 Å². The first-order valence-electron chi connectivity index (χ1n) is 8.15. The van der Waals surface area contributed by atoms with Crippen LogP contribution in [0.25, 0.3) is 0 Å². The summed E-state index contributed by atoms with van der Waals surface area (Å²) in [7, 11) is 0. The molecule has 1 aromatic rings. The molecule has 1 saturated heterocycles. The maximum absolute atomic E-state index is 10.9. The van der Waals surface area contributed by atoms with E-state index in [4.69, 9.17) is 11.6 Å². The van der Waals surface area contributed by atoms with E-state index in [1.54, 1.807) is 0 Å². The average molecular weight is 310 g/mol. The summed E-state index contributed by atoms with van der Waals surface area (Å²) in [5, 5.41) is 11.6. The molecule has 1 aromatic carbocycles. The lowest BCUT2D eigenvalue weighted by Crippen LogP contribution is -2.56. The van der Waals surface area contributed by atoms with E-state index in [0.29, 0.717) is 6.42 Å². The second-order valence-electron chi connectivity index (χ2n) is 6.57. The molecule has 2 rings (SSSR count). The highest BCUT2D eigenvalue weighted by atomic mass is 35.5. The fourth-order valence-corrected chi connectivity index (χ4v) is 3.63. The molecule has 0 aromatic heterocycles. The smallest absolute Gasteiger partial charge is 0.0761 e. The number of rotatable bonds is 5. The number of likely N-dealkylation sites (tertiary alicyclic amines) is 1. The summed E-state index contributed by atoms with van der Waals surface area (Å²) >= 11 is 6.33. The van der Waals surface area contributed by atoms with Gasteiger partial charge in [-0.25, -0.2) is 0 Å². The number of benzene rings is 1. The Labute approximate surface area is 134 Å². The number of nitrogens with zero attached hydrogens (tertiary/aromatic N) is 1. The minimum atomic E-state index is -0.388. The van der Waals surface area contributed by atoms with Crippen molar-refractivity contribution in [3.05, 3.63) is 34.3 Å². The van der Waals surface area contributed by atoms with Gasteiger partial charge in [0.1, 0.15) is 0 Å². The van der Waals surface area contributed by atoms with Crippen molar-refractivity contribution in [3.8, 4) is 0 Å². The normalized spacial score (nSPS) is 21.0. The van der Waals surface area contributed by atoms with Crippen molar-refractivity contribution in [2.45, 2.75) is 64.5 Å². The average Bonchev–Trinajstić information content (AvgIpc) is 2.50. The molecule has 1 heterocycles. The molecule has 1 N–H and O–H groups in total. The van der Waals surface area contributed by atoms with E-state index >= 15 is 0 Å². The van der Waals surface area contributed by atoms with Crippen molar-refractivity contribution in [1.29, 1.82) is 0 Å². The summed E-state index contributed by atoms with van der Waals surface area (Å²) in [6.07, 6.45) is 5.00. The van der Waals surface area contributed by atoms with Crippen molar-refractivity contribution in [3.63, 3.8) is 0 Å². The lowest BCUT2D eigenvalue weighted by atomic mass is 9.84. The lowest BCUT2D eigenvalue weighted by molar-refractivity contribution is -0.0328. The minimum absolute atomic E-state index is 0.158. The summed E-state index contributed by atoms with van der Waals surface area (Å²) in [4.78, 5) is 2.48. The molecule has 0 radical (unpaired) electrons. The number of hydrogen-bond donors (Lipinski definition) is 1. The molecule has 3 heteroatoms. The van der Waals surface area contributed by atoms with Crippen LogP contribution in [-0.2, 0) is 6.42 Å². The molecule has 0 amide bonds. The quantitative estimate of drug-likeness (QED) is 0.881. The highest BCUT2D eigenvalue weighted by Gasteiger charge is 2.37. The Morgan fingerprint density at radius 2 is 1.95 bits per heavy atom. The van der Waals surface area contributed by atoms with Crippen LogP contribution >= 0.6 is 11.6 Å². The van der Waals surface area contributed by atoms with Crippen molar-refractivity contribution in [2.24, 2.45) is 0 Å². The Kier molecular flexibility index (Phi) is 5.70. The monoisotopic (exact) mass is 309 g/mol. The largest absolute Gasteiger partial charge is 0.391 e. The van der Waals surface area contributed by atoms with Gasteiger partial charge in [0.05, 0.1) is 6.10 Å². The zero-order valence-corrected chi connectivity index (χ0v) is 14.3. The lowest BCUT2D eigenvalue weighted by Gasteiger charge is -2.46. The molecule has 2 atom stereocenters. The van der Waals surface area contributed by atoms with Gasteiger partial charge in [-0.3, -0.25) is 4.90 Å². The van der Waals surface area contributed by atoms with Crippen molar-refractivity contribution in [2.75, 3.05) is 13.1 Å². The Balaban J connectivity index is 2.13. The van der Waals surface area contributed by atoms with Crippen LogP contribution in [0.3, 0.4) is 0 Å². The maximum atomic E-state index is 10.9. The molecule has 118 valence electrons. The van der Waals surface area contributed by atoms with E-state index in [0.717, 1.165) is 35.7 Å².